The molecule has 0 aliphatic carbocycles. The lowest BCUT2D eigenvalue weighted by atomic mass is 9.96. The zero-order valence-corrected chi connectivity index (χ0v) is 16.7. The van der Waals surface area contributed by atoms with Crippen LogP contribution in [0.2, 0.25) is 0 Å². The number of unbranched alkanes of at least 4 members (excludes halogenated alkanes) is 1. The molecule has 2 heterocycles. The first-order valence-corrected chi connectivity index (χ1v) is 9.84. The average molecular weight is 395 g/mol. The maximum atomic E-state index is 13.4. The van der Waals surface area contributed by atoms with Crippen LogP contribution in [0.5, 0.6) is 0 Å². The summed E-state index contributed by atoms with van der Waals surface area (Å²) in [6.45, 7) is 1.90. The molecule has 0 spiro atoms. The Labute approximate surface area is 174 Å². The van der Waals surface area contributed by atoms with Crippen LogP contribution in [0.15, 0.2) is 59.4 Å². The van der Waals surface area contributed by atoms with Crippen molar-refractivity contribution in [2.75, 3.05) is 0 Å². The summed E-state index contributed by atoms with van der Waals surface area (Å²) in [7, 11) is 0. The quantitative estimate of drug-likeness (QED) is 0.288. The third kappa shape index (κ3) is 3.56. The van der Waals surface area contributed by atoms with Gasteiger partial charge in [-0.3, -0.25) is 9.59 Å². The monoisotopic (exact) mass is 395 g/mol. The number of carbonyl (C=O) groups is 1. The fourth-order valence-corrected chi connectivity index (χ4v) is 3.65. The third-order valence-corrected chi connectivity index (χ3v) is 5.13. The normalized spacial score (nSPS) is 10.8. The summed E-state index contributed by atoms with van der Waals surface area (Å²) >= 11 is 0. The van der Waals surface area contributed by atoms with Crippen LogP contribution in [-0.4, -0.2) is 20.7 Å². The number of benzene rings is 2. The maximum absolute atomic E-state index is 13.4. The minimum Gasteiger partial charge on any atom is -0.336 e. The second kappa shape index (κ2) is 8.22. The van der Waals surface area contributed by atoms with Crippen LogP contribution in [0, 0.1) is 19.3 Å². The molecule has 4 aromatic rings. The van der Waals surface area contributed by atoms with Crippen LogP contribution >= 0.6 is 0 Å². The van der Waals surface area contributed by atoms with Crippen LogP contribution < -0.4 is 5.56 Å². The van der Waals surface area contributed by atoms with Gasteiger partial charge in [0.05, 0.1) is 11.1 Å². The van der Waals surface area contributed by atoms with Gasteiger partial charge in [0.15, 0.2) is 0 Å². The number of hydrogen-bond acceptors (Lipinski definition) is 3. The molecule has 0 fully saturated rings. The highest BCUT2D eigenvalue weighted by Crippen LogP contribution is 2.31. The number of nitrogens with zero attached hydrogens (tertiary/aromatic N) is 1. The van der Waals surface area contributed by atoms with Gasteiger partial charge in [0.2, 0.25) is 5.78 Å². The van der Waals surface area contributed by atoms with E-state index < -0.39 is 0 Å². The van der Waals surface area contributed by atoms with Crippen molar-refractivity contribution in [2.24, 2.45) is 0 Å². The molecule has 5 heteroatoms. The first-order chi connectivity index (χ1) is 14.6. The highest BCUT2D eigenvalue weighted by atomic mass is 16.1. The molecular weight excluding hydrogens is 374 g/mol. The fraction of sp³-hybridized carbons (Fsp3) is 0.160. The van der Waals surface area contributed by atoms with Gasteiger partial charge in [-0.15, -0.1) is 12.3 Å². The fourth-order valence-electron chi connectivity index (χ4n) is 3.65. The van der Waals surface area contributed by atoms with Gasteiger partial charge in [-0.25, -0.2) is 4.98 Å². The van der Waals surface area contributed by atoms with Crippen molar-refractivity contribution in [1.29, 1.82) is 0 Å². The molecule has 0 saturated carbocycles. The first-order valence-electron chi connectivity index (χ1n) is 9.84. The molecule has 0 amide bonds. The van der Waals surface area contributed by atoms with Crippen molar-refractivity contribution >= 4 is 16.8 Å². The van der Waals surface area contributed by atoms with Gasteiger partial charge in [0.1, 0.15) is 11.5 Å². The zero-order valence-electron chi connectivity index (χ0n) is 16.7. The number of aryl methyl sites for hydroxylation is 2. The molecule has 0 saturated heterocycles. The summed E-state index contributed by atoms with van der Waals surface area (Å²) in [5.41, 5.74) is 3.32. The van der Waals surface area contributed by atoms with Gasteiger partial charge in [-0.05, 0) is 24.5 Å². The van der Waals surface area contributed by atoms with Crippen LogP contribution in [0.3, 0.4) is 0 Å². The predicted octanol–water partition coefficient (Wildman–Crippen LogP) is 4.41. The zero-order chi connectivity index (χ0) is 21.1. The molecular formula is C25H21N3O2. The van der Waals surface area contributed by atoms with E-state index in [9.17, 15) is 9.59 Å². The highest BCUT2D eigenvalue weighted by Gasteiger charge is 2.24. The number of terminal acetylenes is 1. The number of H-pyrrole nitrogens is 2. The molecule has 5 nitrogen and oxygen atoms in total. The number of carbonyl (C=O) groups excluding carboxylic acids is 1. The molecule has 2 aromatic carbocycles. The molecule has 0 bridgehead atoms. The lowest BCUT2D eigenvalue weighted by Crippen LogP contribution is -2.12. The van der Waals surface area contributed by atoms with Gasteiger partial charge in [0, 0.05) is 24.0 Å². The summed E-state index contributed by atoms with van der Waals surface area (Å²) in [4.78, 5) is 37.0. The minimum absolute atomic E-state index is 0.168. The van der Waals surface area contributed by atoms with Crippen LogP contribution in [-0.2, 0) is 6.42 Å². The van der Waals surface area contributed by atoms with Crippen LogP contribution in [0.1, 0.15) is 40.3 Å². The molecule has 0 aliphatic rings. The number of aromatic amines is 2. The lowest BCUT2D eigenvalue weighted by Gasteiger charge is -2.07. The lowest BCUT2D eigenvalue weighted by molar-refractivity contribution is 0.103. The Morgan fingerprint density at radius 1 is 1.07 bits per heavy atom. The topological polar surface area (TPSA) is 78.6 Å². The summed E-state index contributed by atoms with van der Waals surface area (Å²) in [6.07, 6.45) is 7.22. The van der Waals surface area contributed by atoms with E-state index >= 15 is 0 Å². The smallest absolute Gasteiger partial charge is 0.261 e. The maximum Gasteiger partial charge on any atom is 0.261 e. The Balaban J connectivity index is 1.94. The third-order valence-electron chi connectivity index (χ3n) is 5.13. The van der Waals surface area contributed by atoms with Crippen LogP contribution in [0.25, 0.3) is 22.2 Å². The van der Waals surface area contributed by atoms with E-state index in [1.54, 1.807) is 6.07 Å². The number of ketones is 1. The van der Waals surface area contributed by atoms with Crippen molar-refractivity contribution in [3.63, 3.8) is 0 Å². The van der Waals surface area contributed by atoms with E-state index in [-0.39, 0.29) is 11.3 Å². The Kier molecular flexibility index (Phi) is 5.32. The van der Waals surface area contributed by atoms with Crippen molar-refractivity contribution in [3.05, 3.63) is 87.6 Å². The molecule has 0 radical (unpaired) electrons. The second-order valence-corrected chi connectivity index (χ2v) is 7.18. The molecule has 2 aromatic heterocycles. The van der Waals surface area contributed by atoms with E-state index in [0.29, 0.717) is 46.5 Å². The molecule has 0 unspecified atom stereocenters. The molecule has 0 aliphatic heterocycles. The summed E-state index contributed by atoms with van der Waals surface area (Å²) in [6, 6.07) is 16.8. The standard InChI is InChI=1S/C25H21N3O2/c1-3-4-6-15-19-26-24-21(25(30)27-19)20(17-12-7-5-8-13-17)22(28-24)23(29)18-14-10-9-11-16(18)2/h1,5,7-14H,4,6,15H2,2H3,(H2,26,27,28,30). The van der Waals surface area contributed by atoms with Crippen LogP contribution in [0.4, 0.5) is 0 Å². The Morgan fingerprint density at radius 2 is 1.80 bits per heavy atom. The molecule has 148 valence electrons. The highest BCUT2D eigenvalue weighted by molar-refractivity contribution is 6.17. The Morgan fingerprint density at radius 3 is 2.53 bits per heavy atom. The number of rotatable bonds is 6. The summed E-state index contributed by atoms with van der Waals surface area (Å²) in [5.74, 6) is 2.98. The number of nitrogens with one attached hydrogen (secondary N) is 2. The van der Waals surface area contributed by atoms with Crippen molar-refractivity contribution in [2.45, 2.75) is 26.2 Å². The number of fused-ring (bicyclic) bond motifs is 1. The molecule has 0 atom stereocenters. The van der Waals surface area contributed by atoms with Crippen molar-refractivity contribution in [1.82, 2.24) is 15.0 Å². The summed E-state index contributed by atoms with van der Waals surface area (Å²) in [5, 5.41) is 0.388. The largest absolute Gasteiger partial charge is 0.336 e. The second-order valence-electron chi connectivity index (χ2n) is 7.18. The van der Waals surface area contributed by atoms with Gasteiger partial charge >= 0.3 is 0 Å². The Hall–Kier alpha value is -3.91. The summed E-state index contributed by atoms with van der Waals surface area (Å²) < 4.78 is 0. The predicted molar refractivity (Wildman–Crippen MR) is 119 cm³/mol. The van der Waals surface area contributed by atoms with E-state index in [1.807, 2.05) is 55.5 Å². The number of hydrogen-bond donors (Lipinski definition) is 2. The average Bonchev–Trinajstić information content (AvgIpc) is 3.14. The van der Waals surface area contributed by atoms with Gasteiger partial charge in [-0.2, -0.15) is 0 Å². The molecule has 4 rings (SSSR count). The molecule has 2 N–H and O–H groups in total. The van der Waals surface area contributed by atoms with Crippen molar-refractivity contribution < 1.29 is 4.79 Å². The Bertz CT molecular complexity index is 1320. The number of aromatic nitrogens is 3. The van der Waals surface area contributed by atoms with Gasteiger partial charge < -0.3 is 9.97 Å². The van der Waals surface area contributed by atoms with E-state index in [2.05, 4.69) is 20.9 Å². The van der Waals surface area contributed by atoms with E-state index in [0.717, 1.165) is 17.5 Å². The molecule has 30 heavy (non-hydrogen) atoms. The minimum atomic E-state index is -0.269. The van der Waals surface area contributed by atoms with E-state index in [1.165, 1.54) is 0 Å². The van der Waals surface area contributed by atoms with Gasteiger partial charge in [0.25, 0.3) is 5.56 Å². The first kappa shape index (κ1) is 19.4. The van der Waals surface area contributed by atoms with Crippen molar-refractivity contribution in [3.8, 4) is 23.5 Å². The van der Waals surface area contributed by atoms with Gasteiger partial charge in [-0.1, -0.05) is 54.6 Å². The SMILES string of the molecule is C#CCCCc1nc2[nH]c(C(=O)c3ccccc3C)c(-c3ccccc3)c2c(=O)[nH]1. The van der Waals surface area contributed by atoms with E-state index in [4.69, 9.17) is 6.42 Å².